The minimum absolute atomic E-state index is 0.00866. The Bertz CT molecular complexity index is 1150. The number of unbranched alkanes of at least 4 members (excludes halogenated alkanes) is 2. The minimum Gasteiger partial charge on any atom is -0.396 e. The zero-order chi connectivity index (χ0) is 27.0. The van der Waals surface area contributed by atoms with Crippen molar-refractivity contribution in [3.05, 3.63) is 53.1 Å². The first-order valence-corrected chi connectivity index (χ1v) is 14.9. The second-order valence-electron chi connectivity index (χ2n) is 10.6. The molecule has 0 aliphatic carbocycles. The molecule has 1 N–H and O–H groups in total. The molecule has 2 fully saturated rings. The van der Waals surface area contributed by atoms with Gasteiger partial charge in [0.25, 0.3) is 5.91 Å². The molecule has 7 nitrogen and oxygen atoms in total. The van der Waals surface area contributed by atoms with E-state index in [1.54, 1.807) is 27.6 Å². The molecule has 1 unspecified atom stereocenters. The largest absolute Gasteiger partial charge is 0.396 e. The number of rotatable bonds is 8. The van der Waals surface area contributed by atoms with Gasteiger partial charge in [-0.25, -0.2) is 0 Å². The third kappa shape index (κ3) is 4.38. The molecule has 1 spiro atoms. The van der Waals surface area contributed by atoms with Crippen LogP contribution in [-0.4, -0.2) is 81.5 Å². The van der Waals surface area contributed by atoms with Gasteiger partial charge < -0.3 is 19.8 Å². The molecule has 4 heterocycles. The topological polar surface area (TPSA) is 81.2 Å². The van der Waals surface area contributed by atoms with Crippen LogP contribution in [0.3, 0.4) is 0 Å². The average molecular weight is 558 g/mol. The van der Waals surface area contributed by atoms with Gasteiger partial charge in [0.05, 0.1) is 27.3 Å². The van der Waals surface area contributed by atoms with Crippen molar-refractivity contribution < 1.29 is 19.5 Å². The fourth-order valence-corrected chi connectivity index (χ4v) is 8.97. The van der Waals surface area contributed by atoms with Crippen molar-refractivity contribution in [3.63, 3.8) is 0 Å². The third-order valence-corrected chi connectivity index (χ3v) is 10.3. The van der Waals surface area contributed by atoms with Gasteiger partial charge in [-0.3, -0.25) is 14.4 Å². The normalized spacial score (nSPS) is 30.4. The lowest BCUT2D eigenvalue weighted by Crippen LogP contribution is -2.53. The molecule has 0 bridgehead atoms. The highest BCUT2D eigenvalue weighted by atomic mass is 35.5. The van der Waals surface area contributed by atoms with E-state index in [1.807, 2.05) is 49.1 Å². The first-order valence-electron chi connectivity index (χ1n) is 13.6. The van der Waals surface area contributed by atoms with Crippen LogP contribution in [0.5, 0.6) is 0 Å². The standard InChI is InChI=1S/C29H36ClN3O4S/c1-3-14-31-15-8-12-21-22(26(31)35)23-27(36)33(16-5-4-6-18-34)25-28(37)32(17-9-13-29(23,25)38-21)24-19(2)10-7-11-20(24)30/h7-13,21-23,25,34H,3-6,14-18H2,1-2H3/t21-,22+,23+,25?,29+/m1/s1. The van der Waals surface area contributed by atoms with Gasteiger partial charge in [0.1, 0.15) is 6.04 Å². The average Bonchev–Trinajstić information content (AvgIpc) is 3.20. The summed E-state index contributed by atoms with van der Waals surface area (Å²) in [5.41, 5.74) is 1.56. The fourth-order valence-electron chi connectivity index (χ4n) is 6.64. The van der Waals surface area contributed by atoms with E-state index in [0.717, 1.165) is 18.4 Å². The van der Waals surface area contributed by atoms with E-state index in [9.17, 15) is 19.5 Å². The first-order chi connectivity index (χ1) is 18.4. The molecule has 5 atom stereocenters. The number of para-hydroxylation sites is 1. The summed E-state index contributed by atoms with van der Waals surface area (Å²) in [6.07, 6.45) is 11.1. The second kappa shape index (κ2) is 11.1. The van der Waals surface area contributed by atoms with Crippen LogP contribution < -0.4 is 4.90 Å². The van der Waals surface area contributed by atoms with E-state index < -0.39 is 22.6 Å². The molecule has 3 amide bonds. The quantitative estimate of drug-likeness (QED) is 0.388. The lowest BCUT2D eigenvalue weighted by Gasteiger charge is -2.35. The molecule has 4 aliphatic rings. The van der Waals surface area contributed by atoms with Gasteiger partial charge in [-0.2, -0.15) is 0 Å². The van der Waals surface area contributed by atoms with Crippen molar-refractivity contribution in [1.82, 2.24) is 9.80 Å². The number of hydrogen-bond acceptors (Lipinski definition) is 5. The Balaban J connectivity index is 1.58. The van der Waals surface area contributed by atoms with Gasteiger partial charge in [-0.05, 0) is 44.2 Å². The summed E-state index contributed by atoms with van der Waals surface area (Å²) in [4.78, 5) is 47.9. The summed E-state index contributed by atoms with van der Waals surface area (Å²) < 4.78 is -0.834. The molecular formula is C29H36ClN3O4S. The molecule has 5 rings (SSSR count). The van der Waals surface area contributed by atoms with Crippen molar-refractivity contribution in [3.8, 4) is 0 Å². The van der Waals surface area contributed by atoms with Gasteiger partial charge in [0.2, 0.25) is 11.8 Å². The first kappa shape index (κ1) is 27.3. The van der Waals surface area contributed by atoms with Gasteiger partial charge in [-0.15, -0.1) is 11.8 Å². The number of carbonyl (C=O) groups is 3. The molecule has 204 valence electrons. The number of carbonyl (C=O) groups excluding carboxylic acids is 3. The number of fused-ring (bicyclic) bond motifs is 2. The zero-order valence-electron chi connectivity index (χ0n) is 22.0. The van der Waals surface area contributed by atoms with Crippen LogP contribution in [-0.2, 0) is 14.4 Å². The number of aliphatic hydroxyl groups excluding tert-OH is 1. The van der Waals surface area contributed by atoms with Crippen LogP contribution in [0.15, 0.2) is 42.5 Å². The minimum atomic E-state index is -0.834. The maximum absolute atomic E-state index is 14.5. The lowest BCUT2D eigenvalue weighted by molar-refractivity contribution is -0.142. The van der Waals surface area contributed by atoms with Crippen molar-refractivity contribution >= 4 is 46.8 Å². The molecule has 2 saturated heterocycles. The predicted octanol–water partition coefficient (Wildman–Crippen LogP) is 3.82. The number of anilines is 1. The maximum Gasteiger partial charge on any atom is 0.251 e. The highest BCUT2D eigenvalue weighted by Gasteiger charge is 2.71. The Kier molecular flexibility index (Phi) is 7.94. The van der Waals surface area contributed by atoms with E-state index >= 15 is 0 Å². The van der Waals surface area contributed by atoms with Crippen molar-refractivity contribution in [2.24, 2.45) is 11.8 Å². The summed E-state index contributed by atoms with van der Waals surface area (Å²) >= 11 is 8.22. The number of halogens is 1. The highest BCUT2D eigenvalue weighted by molar-refractivity contribution is 8.02. The summed E-state index contributed by atoms with van der Waals surface area (Å²) in [7, 11) is 0. The van der Waals surface area contributed by atoms with Crippen LogP contribution in [0.25, 0.3) is 0 Å². The Morgan fingerprint density at radius 2 is 1.87 bits per heavy atom. The number of nitrogens with zero attached hydrogens (tertiary/aromatic N) is 3. The Morgan fingerprint density at radius 1 is 1.05 bits per heavy atom. The summed E-state index contributed by atoms with van der Waals surface area (Å²) in [5, 5.41) is 9.59. The molecule has 1 aromatic carbocycles. The number of hydrogen-bond donors (Lipinski definition) is 1. The molecule has 38 heavy (non-hydrogen) atoms. The fraction of sp³-hybridized carbons (Fsp3) is 0.552. The van der Waals surface area contributed by atoms with Gasteiger partial charge in [0.15, 0.2) is 0 Å². The van der Waals surface area contributed by atoms with E-state index in [1.165, 1.54) is 0 Å². The molecule has 0 saturated carbocycles. The Labute approximate surface area is 233 Å². The molecule has 0 aromatic heterocycles. The number of aryl methyl sites for hydroxylation is 1. The van der Waals surface area contributed by atoms with Gasteiger partial charge in [-0.1, -0.05) is 55.0 Å². The number of likely N-dealkylation sites (tertiary alicyclic amines) is 1. The molecular weight excluding hydrogens is 522 g/mol. The lowest BCUT2D eigenvalue weighted by atomic mass is 9.78. The third-order valence-electron chi connectivity index (χ3n) is 8.25. The number of benzene rings is 1. The zero-order valence-corrected chi connectivity index (χ0v) is 23.6. The van der Waals surface area contributed by atoms with E-state index in [-0.39, 0.29) is 29.6 Å². The number of amides is 3. The van der Waals surface area contributed by atoms with E-state index in [2.05, 4.69) is 6.08 Å². The van der Waals surface area contributed by atoms with Crippen LogP contribution >= 0.6 is 23.4 Å². The summed E-state index contributed by atoms with van der Waals surface area (Å²) in [6.45, 7) is 6.04. The molecule has 9 heteroatoms. The van der Waals surface area contributed by atoms with Crippen molar-refractivity contribution in [2.75, 3.05) is 37.7 Å². The predicted molar refractivity (Wildman–Crippen MR) is 151 cm³/mol. The number of aliphatic hydroxyl groups is 1. The van der Waals surface area contributed by atoms with Gasteiger partial charge >= 0.3 is 0 Å². The van der Waals surface area contributed by atoms with Gasteiger partial charge in [0, 0.05) is 38.0 Å². The van der Waals surface area contributed by atoms with Crippen LogP contribution in [0.4, 0.5) is 5.69 Å². The second-order valence-corrected chi connectivity index (χ2v) is 12.5. The van der Waals surface area contributed by atoms with Crippen LogP contribution in [0.2, 0.25) is 5.02 Å². The van der Waals surface area contributed by atoms with E-state index in [4.69, 9.17) is 11.6 Å². The highest BCUT2D eigenvalue weighted by Crippen LogP contribution is 2.61. The molecule has 4 aliphatic heterocycles. The molecule has 0 radical (unpaired) electrons. The smallest absolute Gasteiger partial charge is 0.251 e. The van der Waals surface area contributed by atoms with Crippen LogP contribution in [0, 0.1) is 18.8 Å². The number of thioether (sulfide) groups is 1. The van der Waals surface area contributed by atoms with Crippen molar-refractivity contribution in [2.45, 2.75) is 55.6 Å². The Morgan fingerprint density at radius 3 is 2.61 bits per heavy atom. The van der Waals surface area contributed by atoms with Crippen molar-refractivity contribution in [1.29, 1.82) is 0 Å². The van der Waals surface area contributed by atoms with Crippen LogP contribution in [0.1, 0.15) is 38.2 Å². The Hall–Kier alpha value is -2.29. The van der Waals surface area contributed by atoms with E-state index in [0.29, 0.717) is 49.7 Å². The maximum atomic E-state index is 14.5. The summed E-state index contributed by atoms with van der Waals surface area (Å²) in [6, 6.07) is 4.85. The SMILES string of the molecule is CCCN1CC=C[C@H]2S[C@]34C=CCN(c5c(C)cccc5Cl)C(=O)C3N(CCCCCO)C(=O)[C@@H]4[C@H]2C1=O. The summed E-state index contributed by atoms with van der Waals surface area (Å²) in [5.74, 6) is -1.38. The monoisotopic (exact) mass is 557 g/mol. The molecule has 1 aromatic rings.